The van der Waals surface area contributed by atoms with E-state index in [1.807, 2.05) is 0 Å². The van der Waals surface area contributed by atoms with Gasteiger partial charge >= 0.3 is 0 Å². The number of hydrogen-bond donors (Lipinski definition) is 9. The molecule has 9 N–H and O–H groups in total. The quantitative estimate of drug-likeness (QED) is 0.167. The van der Waals surface area contributed by atoms with Gasteiger partial charge in [0.05, 0.1) is 32.5 Å². The second-order valence-electron chi connectivity index (χ2n) is 7.05. The van der Waals surface area contributed by atoms with Crippen LogP contribution in [0.4, 0.5) is 0 Å². The van der Waals surface area contributed by atoms with E-state index in [-0.39, 0.29) is 13.2 Å². The molecule has 0 aromatic heterocycles. The second-order valence-corrected chi connectivity index (χ2v) is 7.05. The van der Waals surface area contributed by atoms with Crippen LogP contribution in [0.25, 0.3) is 0 Å². The van der Waals surface area contributed by atoms with Gasteiger partial charge in [0.2, 0.25) is 0 Å². The summed E-state index contributed by atoms with van der Waals surface area (Å²) in [7, 11) is 1.58. The van der Waals surface area contributed by atoms with E-state index in [0.29, 0.717) is 0 Å². The maximum atomic E-state index is 9.96. The summed E-state index contributed by atoms with van der Waals surface area (Å²) in [5.74, 6) is 0. The van der Waals surface area contributed by atoms with E-state index in [0.717, 1.165) is 0 Å². The van der Waals surface area contributed by atoms with Gasteiger partial charge in [-0.2, -0.15) is 0 Å². The van der Waals surface area contributed by atoms with Crippen LogP contribution in [0.3, 0.4) is 0 Å². The van der Waals surface area contributed by atoms with E-state index >= 15 is 0 Å². The Morgan fingerprint density at radius 2 is 1.07 bits per heavy atom. The van der Waals surface area contributed by atoms with Crippen LogP contribution in [-0.2, 0) is 18.9 Å². The maximum Gasteiger partial charge on any atom is 0.186 e. The zero-order chi connectivity index (χ0) is 21.7. The summed E-state index contributed by atoms with van der Waals surface area (Å²) in [4.78, 5) is 0. The van der Waals surface area contributed by atoms with Crippen LogP contribution in [0.5, 0.6) is 0 Å². The molecule has 0 radical (unpaired) electrons. The molecule has 10 atom stereocenters. The lowest BCUT2D eigenvalue weighted by Gasteiger charge is -2.40. The molecule has 0 spiro atoms. The first-order valence-electron chi connectivity index (χ1n) is 9.26. The van der Waals surface area contributed by atoms with E-state index in [1.165, 1.54) is 0 Å². The fraction of sp³-hybridized carbons (Fsp3) is 1.00. The number of ether oxygens (including phenoxy) is 4. The van der Waals surface area contributed by atoms with Gasteiger partial charge in [-0.1, -0.05) is 0 Å². The fourth-order valence-electron chi connectivity index (χ4n) is 3.05. The lowest BCUT2D eigenvalue weighted by Crippen LogP contribution is -2.60. The Kier molecular flexibility index (Phi) is 9.56. The lowest BCUT2D eigenvalue weighted by molar-refractivity contribution is -0.309. The lowest BCUT2D eigenvalue weighted by atomic mass is 9.99. The van der Waals surface area contributed by atoms with Crippen molar-refractivity contribution in [1.29, 1.82) is 0 Å². The fourth-order valence-corrected chi connectivity index (χ4v) is 3.05. The summed E-state index contributed by atoms with van der Waals surface area (Å²) >= 11 is 0. The standard InChI is InChI=1S/C16H31NO12/c1-17-6(4-26-15-13(24)11(22)9(20)7(2-18)28-15)5-27-16-14(25)12(23)10(21)8(3-19)29-16/h6-25H,2-5H2,1H3/t6?,7?,8?,9-,10-,11+,12+,13+,14+,15?,16?/m1/s1. The molecule has 2 saturated heterocycles. The van der Waals surface area contributed by atoms with Crippen LogP contribution in [0.15, 0.2) is 0 Å². The molecule has 0 aromatic carbocycles. The summed E-state index contributed by atoms with van der Waals surface area (Å²) < 4.78 is 21.3. The van der Waals surface area contributed by atoms with Crippen LogP contribution in [-0.4, -0.2) is 142 Å². The molecule has 4 unspecified atom stereocenters. The molecule has 2 heterocycles. The van der Waals surface area contributed by atoms with E-state index in [4.69, 9.17) is 18.9 Å². The first-order chi connectivity index (χ1) is 13.7. The molecule has 2 rings (SSSR count). The molecule has 0 bridgehead atoms. The Balaban J connectivity index is 1.86. The normalized spacial score (nSPS) is 44.6. The highest BCUT2D eigenvalue weighted by Gasteiger charge is 2.45. The summed E-state index contributed by atoms with van der Waals surface area (Å²) in [5.41, 5.74) is 0. The van der Waals surface area contributed by atoms with Crippen molar-refractivity contribution in [3.8, 4) is 0 Å². The van der Waals surface area contributed by atoms with E-state index in [2.05, 4.69) is 5.32 Å². The van der Waals surface area contributed by atoms with E-state index in [9.17, 15) is 40.9 Å². The third kappa shape index (κ3) is 5.80. The van der Waals surface area contributed by atoms with Gasteiger partial charge in [-0.25, -0.2) is 0 Å². The van der Waals surface area contributed by atoms with E-state index in [1.54, 1.807) is 7.05 Å². The molecule has 29 heavy (non-hydrogen) atoms. The van der Waals surface area contributed by atoms with Crippen LogP contribution in [0.2, 0.25) is 0 Å². The van der Waals surface area contributed by atoms with Crippen molar-refractivity contribution in [2.45, 2.75) is 67.5 Å². The Morgan fingerprint density at radius 3 is 1.38 bits per heavy atom. The van der Waals surface area contributed by atoms with Crippen molar-refractivity contribution in [3.05, 3.63) is 0 Å². The molecular formula is C16H31NO12. The highest BCUT2D eigenvalue weighted by atomic mass is 16.7. The van der Waals surface area contributed by atoms with Crippen molar-refractivity contribution in [3.63, 3.8) is 0 Å². The molecule has 13 heteroatoms. The Labute approximate surface area is 167 Å². The van der Waals surface area contributed by atoms with Gasteiger partial charge in [0, 0.05) is 0 Å². The van der Waals surface area contributed by atoms with Crippen molar-refractivity contribution in [2.24, 2.45) is 0 Å². The first kappa shape index (κ1) is 24.7. The average molecular weight is 429 g/mol. The van der Waals surface area contributed by atoms with Crippen LogP contribution in [0.1, 0.15) is 0 Å². The monoisotopic (exact) mass is 429 g/mol. The summed E-state index contributed by atoms with van der Waals surface area (Å²) in [6.45, 7) is -1.37. The Hall–Kier alpha value is -0.520. The highest BCUT2D eigenvalue weighted by Crippen LogP contribution is 2.23. The zero-order valence-electron chi connectivity index (χ0n) is 15.9. The molecule has 13 nitrogen and oxygen atoms in total. The van der Waals surface area contributed by atoms with Gasteiger partial charge in [0.25, 0.3) is 0 Å². The molecular weight excluding hydrogens is 398 g/mol. The summed E-state index contributed by atoms with van der Waals surface area (Å²) in [5, 5.41) is 80.2. The third-order valence-corrected chi connectivity index (χ3v) is 5.03. The number of aliphatic hydroxyl groups excluding tert-OH is 8. The van der Waals surface area contributed by atoms with Crippen LogP contribution < -0.4 is 5.32 Å². The SMILES string of the molecule is CNC(COC1OC(CO)[C@@H](O)[C@H](O)[C@@H]1O)COC1OC(CO)[C@@H](O)[C@H](O)[C@@H]1O. The second kappa shape index (κ2) is 11.2. The first-order valence-corrected chi connectivity index (χ1v) is 9.26. The average Bonchev–Trinajstić information content (AvgIpc) is 2.73. The van der Waals surface area contributed by atoms with Gasteiger partial charge in [-0.3, -0.25) is 0 Å². The largest absolute Gasteiger partial charge is 0.394 e. The Morgan fingerprint density at radius 1 is 0.690 bits per heavy atom. The molecule has 172 valence electrons. The molecule has 2 fully saturated rings. The van der Waals surface area contributed by atoms with Crippen LogP contribution >= 0.6 is 0 Å². The summed E-state index contributed by atoms with van der Waals surface area (Å²) in [6, 6.07) is -0.519. The highest BCUT2D eigenvalue weighted by molar-refractivity contribution is 4.90. The molecule has 2 aliphatic heterocycles. The number of hydrogen-bond acceptors (Lipinski definition) is 13. The van der Waals surface area contributed by atoms with Gasteiger partial charge in [-0.15, -0.1) is 0 Å². The molecule has 0 aliphatic carbocycles. The van der Waals surface area contributed by atoms with E-state index < -0.39 is 80.7 Å². The number of likely N-dealkylation sites (N-methyl/N-ethyl adjacent to an activating group) is 1. The zero-order valence-corrected chi connectivity index (χ0v) is 15.9. The maximum absolute atomic E-state index is 9.96. The topological polar surface area (TPSA) is 211 Å². The van der Waals surface area contributed by atoms with Crippen molar-refractivity contribution >= 4 is 0 Å². The minimum Gasteiger partial charge on any atom is -0.394 e. The number of nitrogens with one attached hydrogen (secondary N) is 1. The molecule has 0 amide bonds. The molecule has 0 saturated carbocycles. The predicted octanol–water partition coefficient (Wildman–Crippen LogP) is -5.79. The van der Waals surface area contributed by atoms with Gasteiger partial charge in [-0.05, 0) is 7.05 Å². The molecule has 0 aromatic rings. The third-order valence-electron chi connectivity index (χ3n) is 5.03. The minimum absolute atomic E-state index is 0.101. The van der Waals surface area contributed by atoms with Gasteiger partial charge in [0.15, 0.2) is 12.6 Å². The number of rotatable bonds is 9. The Bertz CT molecular complexity index is 443. The van der Waals surface area contributed by atoms with Crippen molar-refractivity contribution < 1.29 is 59.8 Å². The minimum atomic E-state index is -1.57. The van der Waals surface area contributed by atoms with Gasteiger partial charge in [0.1, 0.15) is 48.8 Å². The number of aliphatic hydroxyl groups is 8. The smallest absolute Gasteiger partial charge is 0.186 e. The van der Waals surface area contributed by atoms with Crippen LogP contribution in [0, 0.1) is 0 Å². The summed E-state index contributed by atoms with van der Waals surface area (Å²) in [6.07, 6.45) is -14.0. The van der Waals surface area contributed by atoms with Gasteiger partial charge < -0.3 is 65.1 Å². The molecule has 2 aliphatic rings. The van der Waals surface area contributed by atoms with Crippen molar-refractivity contribution in [1.82, 2.24) is 5.32 Å². The van der Waals surface area contributed by atoms with Crippen molar-refractivity contribution in [2.75, 3.05) is 33.5 Å². The predicted molar refractivity (Wildman–Crippen MR) is 92.3 cm³/mol.